The zero-order valence-electron chi connectivity index (χ0n) is 22.9. The van der Waals surface area contributed by atoms with Gasteiger partial charge in [0, 0.05) is 11.6 Å². The molecule has 4 rings (SSSR count). The minimum atomic E-state index is -5.03. The van der Waals surface area contributed by atoms with E-state index in [-0.39, 0.29) is 33.6 Å². The van der Waals surface area contributed by atoms with Gasteiger partial charge >= 0.3 is 12.4 Å². The molecule has 6 nitrogen and oxygen atoms in total. The fraction of sp³-hybridized carbons (Fsp3) is 0.250. The van der Waals surface area contributed by atoms with E-state index < -0.39 is 92.1 Å². The molecule has 3 aromatic carbocycles. The van der Waals surface area contributed by atoms with Crippen molar-refractivity contribution in [3.05, 3.63) is 87.7 Å². The molecule has 0 saturated heterocycles. The molecular weight excluding hydrogens is 736 g/mol. The first-order chi connectivity index (χ1) is 21.7. The van der Waals surface area contributed by atoms with Gasteiger partial charge in [0.2, 0.25) is 11.8 Å². The van der Waals surface area contributed by atoms with Crippen molar-refractivity contribution in [2.24, 2.45) is 5.92 Å². The van der Waals surface area contributed by atoms with Crippen molar-refractivity contribution in [2.75, 3.05) is 27.5 Å². The van der Waals surface area contributed by atoms with Crippen molar-refractivity contribution in [1.82, 2.24) is 0 Å². The Morgan fingerprint density at radius 2 is 1.51 bits per heavy atom. The van der Waals surface area contributed by atoms with Crippen LogP contribution in [0.25, 0.3) is 0 Å². The normalized spacial score (nSPS) is 17.2. The number of carbonyl (C=O) groups excluding carboxylic acids is 3. The van der Waals surface area contributed by atoms with E-state index in [0.29, 0.717) is 18.2 Å². The molecule has 1 saturated carbocycles. The molecular formula is C28H17Cl3F9N3O3S. The van der Waals surface area contributed by atoms with Gasteiger partial charge in [0.25, 0.3) is 5.91 Å². The van der Waals surface area contributed by atoms with E-state index in [2.05, 4.69) is 10.6 Å². The maximum Gasteiger partial charge on any atom is 0.419 e. The van der Waals surface area contributed by atoms with Crippen LogP contribution in [-0.2, 0) is 15.8 Å². The largest absolute Gasteiger partial charge is 0.419 e. The number of hydrogen-bond acceptors (Lipinski definition) is 4. The number of anilines is 3. The van der Waals surface area contributed by atoms with Crippen LogP contribution < -0.4 is 16.0 Å². The summed E-state index contributed by atoms with van der Waals surface area (Å²) in [4.78, 5) is 37.9. The van der Waals surface area contributed by atoms with Crippen molar-refractivity contribution in [3.8, 4) is 0 Å². The summed E-state index contributed by atoms with van der Waals surface area (Å²) >= 11 is 18.6. The number of amides is 3. The molecule has 0 aliphatic heterocycles. The summed E-state index contributed by atoms with van der Waals surface area (Å²) in [6.45, 7) is 0. The average Bonchev–Trinajstić information content (AvgIpc) is 3.54. The van der Waals surface area contributed by atoms with E-state index in [0.717, 1.165) is 24.3 Å². The van der Waals surface area contributed by atoms with Crippen LogP contribution >= 0.6 is 46.6 Å². The Morgan fingerprint density at radius 1 is 0.851 bits per heavy atom. The molecule has 0 heterocycles. The number of halogens is 12. The highest BCUT2D eigenvalue weighted by molar-refractivity contribution is 8.00. The lowest BCUT2D eigenvalue weighted by molar-refractivity contribution is -0.140. The number of alkyl halides is 8. The Labute approximate surface area is 278 Å². The first-order valence-electron chi connectivity index (χ1n) is 12.8. The molecule has 1 aliphatic rings. The van der Waals surface area contributed by atoms with Crippen LogP contribution in [0.5, 0.6) is 0 Å². The SMILES string of the molecule is O=C(CSCC(F)(F)F)Nc1c(F)ccc(NC(=O)c2cc(NC(=O)[C@H]3[C@H](c4ccc(F)c(C(F)(F)F)c4)C3(Cl)Cl)ccc2Cl)c1F. The molecule has 252 valence electrons. The Morgan fingerprint density at radius 3 is 2.15 bits per heavy atom. The van der Waals surface area contributed by atoms with Gasteiger partial charge in [-0.15, -0.1) is 35.0 Å². The van der Waals surface area contributed by atoms with E-state index >= 15 is 4.39 Å². The van der Waals surface area contributed by atoms with Gasteiger partial charge in [-0.2, -0.15) is 26.3 Å². The van der Waals surface area contributed by atoms with Crippen molar-refractivity contribution in [2.45, 2.75) is 22.6 Å². The fourth-order valence-electron chi connectivity index (χ4n) is 4.41. The van der Waals surface area contributed by atoms with Gasteiger partial charge in [0.15, 0.2) is 5.82 Å². The Balaban J connectivity index is 1.47. The lowest BCUT2D eigenvalue weighted by Gasteiger charge is -2.13. The summed E-state index contributed by atoms with van der Waals surface area (Å²) in [6.07, 6.45) is -9.60. The third-order valence-electron chi connectivity index (χ3n) is 6.57. The lowest BCUT2D eigenvalue weighted by Crippen LogP contribution is -2.20. The molecule has 47 heavy (non-hydrogen) atoms. The highest BCUT2D eigenvalue weighted by atomic mass is 35.5. The van der Waals surface area contributed by atoms with Crippen molar-refractivity contribution < 1.29 is 53.9 Å². The fourth-order valence-corrected chi connectivity index (χ4v) is 6.03. The van der Waals surface area contributed by atoms with Gasteiger partial charge in [-0.1, -0.05) is 17.7 Å². The molecule has 0 unspecified atom stereocenters. The molecule has 0 spiro atoms. The van der Waals surface area contributed by atoms with Gasteiger partial charge in [0.1, 0.15) is 21.7 Å². The Hall–Kier alpha value is -3.34. The topological polar surface area (TPSA) is 87.3 Å². The minimum Gasteiger partial charge on any atom is -0.326 e. The number of nitrogens with one attached hydrogen (secondary N) is 3. The van der Waals surface area contributed by atoms with Crippen LogP contribution in [0.3, 0.4) is 0 Å². The minimum absolute atomic E-state index is 0.0849. The van der Waals surface area contributed by atoms with Gasteiger partial charge < -0.3 is 16.0 Å². The monoisotopic (exact) mass is 751 g/mol. The predicted octanol–water partition coefficient (Wildman–Crippen LogP) is 8.79. The van der Waals surface area contributed by atoms with E-state index in [1.807, 2.05) is 5.32 Å². The van der Waals surface area contributed by atoms with E-state index in [9.17, 15) is 49.5 Å². The van der Waals surface area contributed by atoms with E-state index in [1.165, 1.54) is 6.07 Å². The number of hydrogen-bond donors (Lipinski definition) is 3. The van der Waals surface area contributed by atoms with Crippen LogP contribution in [-0.4, -0.2) is 39.7 Å². The van der Waals surface area contributed by atoms with Crippen LogP contribution in [0.15, 0.2) is 48.5 Å². The molecule has 3 aromatic rings. The van der Waals surface area contributed by atoms with Crippen LogP contribution in [0.1, 0.15) is 27.4 Å². The summed E-state index contributed by atoms with van der Waals surface area (Å²) in [5.74, 6) is -12.0. The number of rotatable bonds is 9. The maximum absolute atomic E-state index is 15.0. The van der Waals surface area contributed by atoms with E-state index in [4.69, 9.17) is 34.8 Å². The second-order valence-electron chi connectivity index (χ2n) is 9.94. The van der Waals surface area contributed by atoms with Crippen LogP contribution in [0.4, 0.5) is 56.6 Å². The molecule has 3 N–H and O–H groups in total. The smallest absolute Gasteiger partial charge is 0.326 e. The van der Waals surface area contributed by atoms with Gasteiger partial charge in [-0.3, -0.25) is 14.4 Å². The molecule has 1 fully saturated rings. The Bertz CT molecular complexity index is 1740. The van der Waals surface area contributed by atoms with Crippen molar-refractivity contribution in [1.29, 1.82) is 0 Å². The molecule has 0 bridgehead atoms. The number of benzene rings is 3. The summed E-state index contributed by atoms with van der Waals surface area (Å²) in [7, 11) is 0. The second-order valence-corrected chi connectivity index (χ2v) is 12.8. The third kappa shape index (κ3) is 8.58. The molecule has 2 atom stereocenters. The first-order valence-corrected chi connectivity index (χ1v) is 15.1. The zero-order valence-corrected chi connectivity index (χ0v) is 25.9. The second kappa shape index (κ2) is 13.6. The zero-order chi connectivity index (χ0) is 35.1. The molecule has 0 radical (unpaired) electrons. The summed E-state index contributed by atoms with van der Waals surface area (Å²) in [5.41, 5.74) is -3.87. The van der Waals surface area contributed by atoms with Gasteiger partial charge in [0.05, 0.1) is 39.3 Å². The lowest BCUT2D eigenvalue weighted by atomic mass is 10.0. The Kier molecular flexibility index (Phi) is 10.6. The quantitative estimate of drug-likeness (QED) is 0.151. The molecule has 3 amide bonds. The summed E-state index contributed by atoms with van der Waals surface area (Å²) < 4.78 is 118. The van der Waals surface area contributed by atoms with Gasteiger partial charge in [-0.05, 0) is 48.0 Å². The molecule has 0 aromatic heterocycles. The highest BCUT2D eigenvalue weighted by Crippen LogP contribution is 2.65. The molecule has 19 heteroatoms. The average molecular weight is 753 g/mol. The van der Waals surface area contributed by atoms with Crippen molar-refractivity contribution in [3.63, 3.8) is 0 Å². The van der Waals surface area contributed by atoms with Gasteiger partial charge in [-0.25, -0.2) is 13.2 Å². The number of thioether (sulfide) groups is 1. The predicted molar refractivity (Wildman–Crippen MR) is 158 cm³/mol. The highest BCUT2D eigenvalue weighted by Gasteiger charge is 2.67. The van der Waals surface area contributed by atoms with Crippen LogP contribution in [0, 0.1) is 23.4 Å². The summed E-state index contributed by atoms with van der Waals surface area (Å²) in [6, 6.07) is 6.97. The number of carbonyl (C=O) groups is 3. The maximum atomic E-state index is 15.0. The standard InChI is InChI=1S/C28H17Cl3F9N3O3S/c29-15-3-2-12(41-25(46)21-20(27(21,30)31)11-1-4-16(32)14(7-11)28(38,39)40)8-13(15)24(45)42-18-6-5-17(33)23(22(18)34)43-19(44)9-47-10-26(35,36)37/h1-8,20-21H,9-10H2,(H,41,46)(H,42,45)(H,43,44)/t20-,21+/m0/s1. The third-order valence-corrected chi connectivity index (χ3v) is 8.84. The molecule has 1 aliphatic carbocycles. The summed E-state index contributed by atoms with van der Waals surface area (Å²) in [5, 5.41) is 6.10. The van der Waals surface area contributed by atoms with E-state index in [1.54, 1.807) is 0 Å². The van der Waals surface area contributed by atoms with Crippen LogP contribution in [0.2, 0.25) is 5.02 Å². The van der Waals surface area contributed by atoms with Crippen molar-refractivity contribution >= 4 is 81.3 Å². The first kappa shape index (κ1) is 36.5.